The number of para-hydroxylation sites is 1. The molecule has 0 fully saturated rings. The van der Waals surface area contributed by atoms with Crippen LogP contribution >= 0.6 is 0 Å². The first-order valence-electron chi connectivity index (χ1n) is 9.60. The molecular formula is C23H20FNO5S. The van der Waals surface area contributed by atoms with Crippen LogP contribution < -0.4 is 9.04 Å². The summed E-state index contributed by atoms with van der Waals surface area (Å²) in [6.07, 6.45) is 0.634. The Balaban J connectivity index is 1.51. The van der Waals surface area contributed by atoms with E-state index in [-0.39, 0.29) is 22.8 Å². The standard InChI is InChI=1S/C23H20FNO5S/c1-29-22-10-9-16(13-20(22)24)15-30-23(26)18-6-4-7-19(14-18)31(27,28)25-12-11-17-5-2-3-8-21(17)25/h2-10,13-14H,11-12,15H2,1H3. The van der Waals surface area contributed by atoms with Gasteiger partial charge in [0.15, 0.2) is 11.6 Å². The van der Waals surface area contributed by atoms with Gasteiger partial charge < -0.3 is 9.47 Å². The van der Waals surface area contributed by atoms with Crippen molar-refractivity contribution in [1.82, 2.24) is 0 Å². The van der Waals surface area contributed by atoms with E-state index < -0.39 is 21.8 Å². The zero-order valence-corrected chi connectivity index (χ0v) is 17.6. The summed E-state index contributed by atoms with van der Waals surface area (Å²) in [5, 5.41) is 0. The van der Waals surface area contributed by atoms with Crippen molar-refractivity contribution in [3.63, 3.8) is 0 Å². The van der Waals surface area contributed by atoms with Crippen molar-refractivity contribution in [2.45, 2.75) is 17.9 Å². The van der Waals surface area contributed by atoms with E-state index in [2.05, 4.69) is 0 Å². The van der Waals surface area contributed by atoms with Crippen molar-refractivity contribution in [2.24, 2.45) is 0 Å². The molecule has 6 nitrogen and oxygen atoms in total. The molecule has 0 aliphatic carbocycles. The molecule has 0 atom stereocenters. The zero-order valence-electron chi connectivity index (χ0n) is 16.7. The Labute approximate surface area is 179 Å². The van der Waals surface area contributed by atoms with Crippen molar-refractivity contribution < 1.29 is 27.1 Å². The highest BCUT2D eigenvalue weighted by Crippen LogP contribution is 2.32. The van der Waals surface area contributed by atoms with Crippen molar-refractivity contribution in [2.75, 3.05) is 18.0 Å². The van der Waals surface area contributed by atoms with Crippen LogP contribution in [0.3, 0.4) is 0 Å². The molecule has 8 heteroatoms. The van der Waals surface area contributed by atoms with Gasteiger partial charge in [0, 0.05) is 6.54 Å². The molecule has 3 aromatic rings. The van der Waals surface area contributed by atoms with Gasteiger partial charge >= 0.3 is 5.97 Å². The summed E-state index contributed by atoms with van der Waals surface area (Å²) in [5.74, 6) is -1.17. The maximum atomic E-state index is 13.8. The largest absolute Gasteiger partial charge is 0.494 e. The number of benzene rings is 3. The second-order valence-corrected chi connectivity index (χ2v) is 8.89. The molecule has 3 aromatic carbocycles. The first-order chi connectivity index (χ1) is 14.9. The normalized spacial score (nSPS) is 13.0. The molecule has 0 saturated heterocycles. The van der Waals surface area contributed by atoms with Crippen LogP contribution in [0.25, 0.3) is 0 Å². The molecule has 0 unspecified atom stereocenters. The third-order valence-electron chi connectivity index (χ3n) is 5.09. The SMILES string of the molecule is COc1ccc(COC(=O)c2cccc(S(=O)(=O)N3CCc4ccccc43)c2)cc1F. The molecular weight excluding hydrogens is 421 g/mol. The van der Waals surface area contributed by atoms with Crippen LogP contribution in [0.1, 0.15) is 21.5 Å². The van der Waals surface area contributed by atoms with Crippen molar-refractivity contribution in [3.05, 3.63) is 89.2 Å². The van der Waals surface area contributed by atoms with Crippen LogP contribution in [-0.4, -0.2) is 28.0 Å². The summed E-state index contributed by atoms with van der Waals surface area (Å²) in [4.78, 5) is 12.5. The number of halogens is 1. The Kier molecular flexibility index (Phi) is 5.65. The van der Waals surface area contributed by atoms with Crippen LogP contribution in [0, 0.1) is 5.82 Å². The predicted molar refractivity (Wildman–Crippen MR) is 113 cm³/mol. The fraction of sp³-hybridized carbons (Fsp3) is 0.174. The number of carbonyl (C=O) groups excluding carboxylic acids is 1. The van der Waals surface area contributed by atoms with E-state index in [9.17, 15) is 17.6 Å². The highest BCUT2D eigenvalue weighted by molar-refractivity contribution is 7.92. The molecule has 1 aliphatic heterocycles. The minimum absolute atomic E-state index is 0.00847. The molecule has 0 radical (unpaired) electrons. The van der Waals surface area contributed by atoms with E-state index >= 15 is 0 Å². The Morgan fingerprint density at radius 1 is 1.06 bits per heavy atom. The highest BCUT2D eigenvalue weighted by atomic mass is 32.2. The number of carbonyl (C=O) groups is 1. The first-order valence-corrected chi connectivity index (χ1v) is 11.0. The highest BCUT2D eigenvalue weighted by Gasteiger charge is 2.31. The lowest BCUT2D eigenvalue weighted by Gasteiger charge is -2.19. The van der Waals surface area contributed by atoms with Crippen LogP contribution in [0.15, 0.2) is 71.6 Å². The smallest absolute Gasteiger partial charge is 0.338 e. The zero-order chi connectivity index (χ0) is 22.0. The maximum absolute atomic E-state index is 13.8. The molecule has 0 aromatic heterocycles. The molecule has 1 aliphatic rings. The van der Waals surface area contributed by atoms with Gasteiger partial charge in [0.05, 0.1) is 23.3 Å². The number of rotatable bonds is 6. The second-order valence-electron chi connectivity index (χ2n) is 7.03. The summed E-state index contributed by atoms with van der Waals surface area (Å²) >= 11 is 0. The van der Waals surface area contributed by atoms with Gasteiger partial charge in [-0.05, 0) is 53.9 Å². The van der Waals surface area contributed by atoms with Crippen LogP contribution in [-0.2, 0) is 27.8 Å². The first kappa shape index (κ1) is 20.9. The van der Waals surface area contributed by atoms with Gasteiger partial charge in [-0.2, -0.15) is 0 Å². The van der Waals surface area contributed by atoms with Gasteiger partial charge in [0.1, 0.15) is 6.61 Å². The third-order valence-corrected chi connectivity index (χ3v) is 6.90. The summed E-state index contributed by atoms with van der Waals surface area (Å²) in [5.41, 5.74) is 2.16. The van der Waals surface area contributed by atoms with Gasteiger partial charge in [-0.3, -0.25) is 4.31 Å². The predicted octanol–water partition coefficient (Wildman–Crippen LogP) is 3.94. The summed E-state index contributed by atoms with van der Waals surface area (Å²) < 4.78 is 51.6. The number of hydrogen-bond acceptors (Lipinski definition) is 5. The average Bonchev–Trinajstić information content (AvgIpc) is 3.23. The number of fused-ring (bicyclic) bond motifs is 1. The van der Waals surface area contributed by atoms with E-state index in [1.54, 1.807) is 18.2 Å². The lowest BCUT2D eigenvalue weighted by molar-refractivity contribution is 0.0472. The Morgan fingerprint density at radius 2 is 1.87 bits per heavy atom. The molecule has 1 heterocycles. The van der Waals surface area contributed by atoms with Crippen LogP contribution in [0.2, 0.25) is 0 Å². The Hall–Kier alpha value is -3.39. The number of sulfonamides is 1. The number of anilines is 1. The van der Waals surface area contributed by atoms with Crippen molar-refractivity contribution >= 4 is 21.7 Å². The van der Waals surface area contributed by atoms with Crippen LogP contribution in [0.4, 0.5) is 10.1 Å². The monoisotopic (exact) mass is 441 g/mol. The van der Waals surface area contributed by atoms with E-state index in [0.717, 1.165) is 5.56 Å². The summed E-state index contributed by atoms with van der Waals surface area (Å²) in [7, 11) is -2.47. The van der Waals surface area contributed by atoms with Gasteiger partial charge in [0.2, 0.25) is 0 Å². The summed E-state index contributed by atoms with van der Waals surface area (Å²) in [6, 6.07) is 17.3. The minimum Gasteiger partial charge on any atom is -0.494 e. The molecule has 0 bridgehead atoms. The quantitative estimate of drug-likeness (QED) is 0.542. The Morgan fingerprint density at radius 3 is 2.65 bits per heavy atom. The fourth-order valence-electron chi connectivity index (χ4n) is 3.50. The van der Waals surface area contributed by atoms with Crippen molar-refractivity contribution in [3.8, 4) is 5.75 Å². The minimum atomic E-state index is -3.83. The molecule has 0 spiro atoms. The number of methoxy groups -OCH3 is 1. The molecule has 31 heavy (non-hydrogen) atoms. The van der Waals surface area contributed by atoms with E-state index in [1.165, 1.54) is 47.8 Å². The molecule has 0 saturated carbocycles. The number of nitrogens with zero attached hydrogens (tertiary/aromatic N) is 1. The lowest BCUT2D eigenvalue weighted by Crippen LogP contribution is -2.29. The van der Waals surface area contributed by atoms with Gasteiger partial charge in [-0.25, -0.2) is 17.6 Å². The average molecular weight is 441 g/mol. The van der Waals surface area contributed by atoms with Gasteiger partial charge in [0.25, 0.3) is 10.0 Å². The summed E-state index contributed by atoms with van der Waals surface area (Å²) in [6.45, 7) is 0.190. The van der Waals surface area contributed by atoms with Crippen molar-refractivity contribution in [1.29, 1.82) is 0 Å². The maximum Gasteiger partial charge on any atom is 0.338 e. The lowest BCUT2D eigenvalue weighted by atomic mass is 10.2. The number of esters is 1. The van der Waals surface area contributed by atoms with Gasteiger partial charge in [-0.1, -0.05) is 30.3 Å². The topological polar surface area (TPSA) is 72.9 Å². The van der Waals surface area contributed by atoms with E-state index in [1.807, 2.05) is 12.1 Å². The molecule has 0 amide bonds. The van der Waals surface area contributed by atoms with E-state index in [4.69, 9.17) is 9.47 Å². The van der Waals surface area contributed by atoms with E-state index in [0.29, 0.717) is 24.2 Å². The molecule has 160 valence electrons. The fourth-order valence-corrected chi connectivity index (χ4v) is 5.05. The van der Waals surface area contributed by atoms with Gasteiger partial charge in [-0.15, -0.1) is 0 Å². The number of hydrogen-bond donors (Lipinski definition) is 0. The molecule has 0 N–H and O–H groups in total. The Bertz CT molecular complexity index is 1240. The molecule has 4 rings (SSSR count). The third kappa shape index (κ3) is 4.11. The second kappa shape index (κ2) is 8.39. The van der Waals surface area contributed by atoms with Crippen LogP contribution in [0.5, 0.6) is 5.75 Å². The number of ether oxygens (including phenoxy) is 2.